The van der Waals surface area contributed by atoms with E-state index in [0.29, 0.717) is 24.5 Å². The lowest BCUT2D eigenvalue weighted by Crippen LogP contribution is -2.43. The molecular weight excluding hydrogens is 356 g/mol. The fourth-order valence-electron chi connectivity index (χ4n) is 2.45. The maximum Gasteiger partial charge on any atom is 0.338 e. The molecule has 0 unspecified atom stereocenters. The van der Waals surface area contributed by atoms with E-state index in [1.54, 1.807) is 19.1 Å². The molecule has 0 saturated heterocycles. The van der Waals surface area contributed by atoms with Crippen molar-refractivity contribution in [1.82, 2.24) is 5.32 Å². The molecule has 6 heteroatoms. The minimum Gasteiger partial charge on any atom is -0.484 e. The van der Waals surface area contributed by atoms with Crippen molar-refractivity contribution in [3.8, 4) is 5.75 Å². The molecular formula is C22H28N2O4. The van der Waals surface area contributed by atoms with Gasteiger partial charge in [-0.05, 0) is 69.7 Å². The molecule has 0 radical (unpaired) electrons. The molecule has 0 aliphatic rings. The average Bonchev–Trinajstić information content (AvgIpc) is 2.65. The zero-order valence-corrected chi connectivity index (χ0v) is 16.9. The van der Waals surface area contributed by atoms with Crippen LogP contribution in [0.15, 0.2) is 48.5 Å². The van der Waals surface area contributed by atoms with Crippen molar-refractivity contribution >= 4 is 17.6 Å². The lowest BCUT2D eigenvalue weighted by atomic mass is 10.1. The highest BCUT2D eigenvalue weighted by atomic mass is 16.5. The maximum atomic E-state index is 11.8. The van der Waals surface area contributed by atoms with Gasteiger partial charge in [-0.25, -0.2) is 4.79 Å². The highest BCUT2D eigenvalue weighted by molar-refractivity contribution is 5.89. The van der Waals surface area contributed by atoms with Crippen LogP contribution in [0.25, 0.3) is 0 Å². The molecule has 2 N–H and O–H groups in total. The van der Waals surface area contributed by atoms with Gasteiger partial charge in [-0.3, -0.25) is 4.79 Å². The van der Waals surface area contributed by atoms with Gasteiger partial charge in [-0.15, -0.1) is 0 Å². The van der Waals surface area contributed by atoms with Gasteiger partial charge in [0.1, 0.15) is 5.75 Å². The van der Waals surface area contributed by atoms with Gasteiger partial charge < -0.3 is 20.1 Å². The maximum absolute atomic E-state index is 11.8. The predicted octanol–water partition coefficient (Wildman–Crippen LogP) is 3.77. The van der Waals surface area contributed by atoms with Crippen LogP contribution >= 0.6 is 0 Å². The summed E-state index contributed by atoms with van der Waals surface area (Å²) in [5, 5.41) is 6.15. The normalized spacial score (nSPS) is 10.9. The summed E-state index contributed by atoms with van der Waals surface area (Å²) in [6.45, 7) is 8.54. The number of benzene rings is 2. The standard InChI is InChI=1S/C22H28N2O4/c1-5-27-21(26)17-8-10-18(11-9-17)23-14-16-6-12-19(13-7-16)28-15-20(25)24-22(2,3)4/h6-13,23H,5,14-15H2,1-4H3,(H,24,25). The monoisotopic (exact) mass is 384 g/mol. The third kappa shape index (κ3) is 7.31. The molecule has 2 aromatic rings. The molecule has 6 nitrogen and oxygen atoms in total. The van der Waals surface area contributed by atoms with E-state index >= 15 is 0 Å². The van der Waals surface area contributed by atoms with E-state index in [4.69, 9.17) is 9.47 Å². The fraction of sp³-hybridized carbons (Fsp3) is 0.364. The molecule has 28 heavy (non-hydrogen) atoms. The first-order valence-electron chi connectivity index (χ1n) is 9.30. The highest BCUT2D eigenvalue weighted by Gasteiger charge is 2.13. The van der Waals surface area contributed by atoms with Crippen LogP contribution in [0, 0.1) is 0 Å². The molecule has 2 aromatic carbocycles. The van der Waals surface area contributed by atoms with Crippen molar-refractivity contribution in [2.75, 3.05) is 18.5 Å². The Morgan fingerprint density at radius 1 is 0.964 bits per heavy atom. The smallest absolute Gasteiger partial charge is 0.338 e. The van der Waals surface area contributed by atoms with Crippen LogP contribution < -0.4 is 15.4 Å². The summed E-state index contributed by atoms with van der Waals surface area (Å²) in [6, 6.07) is 14.7. The molecule has 0 aromatic heterocycles. The van der Waals surface area contributed by atoms with E-state index in [-0.39, 0.29) is 24.0 Å². The number of rotatable bonds is 8. The minimum absolute atomic E-state index is 0.0122. The lowest BCUT2D eigenvalue weighted by molar-refractivity contribution is -0.124. The van der Waals surface area contributed by atoms with Crippen LogP contribution in [0.4, 0.5) is 5.69 Å². The van der Waals surface area contributed by atoms with E-state index in [2.05, 4.69) is 10.6 Å². The molecule has 2 rings (SSSR count). The van der Waals surface area contributed by atoms with Crippen molar-refractivity contribution < 1.29 is 19.1 Å². The van der Waals surface area contributed by atoms with Crippen molar-refractivity contribution in [3.63, 3.8) is 0 Å². The summed E-state index contributed by atoms with van der Waals surface area (Å²) in [7, 11) is 0. The second-order valence-corrected chi connectivity index (χ2v) is 7.38. The Morgan fingerprint density at radius 2 is 1.61 bits per heavy atom. The number of hydrogen-bond donors (Lipinski definition) is 2. The number of nitrogens with one attached hydrogen (secondary N) is 2. The van der Waals surface area contributed by atoms with Gasteiger partial charge in [0.05, 0.1) is 12.2 Å². The van der Waals surface area contributed by atoms with Gasteiger partial charge in [-0.1, -0.05) is 12.1 Å². The Kier molecular flexibility index (Phi) is 7.44. The van der Waals surface area contributed by atoms with Gasteiger partial charge in [0.15, 0.2) is 6.61 Å². The quantitative estimate of drug-likeness (QED) is 0.678. The van der Waals surface area contributed by atoms with Crippen molar-refractivity contribution in [3.05, 3.63) is 59.7 Å². The third-order valence-electron chi connectivity index (χ3n) is 3.70. The Bertz CT molecular complexity index is 778. The molecule has 0 fully saturated rings. The van der Waals surface area contributed by atoms with Crippen LogP contribution in [0.5, 0.6) is 5.75 Å². The molecule has 0 spiro atoms. The van der Waals surface area contributed by atoms with E-state index in [9.17, 15) is 9.59 Å². The van der Waals surface area contributed by atoms with Crippen LogP contribution in [-0.2, 0) is 16.1 Å². The summed E-state index contributed by atoms with van der Waals surface area (Å²) in [4.78, 5) is 23.4. The van der Waals surface area contributed by atoms with Gasteiger partial charge in [0.25, 0.3) is 5.91 Å². The summed E-state index contributed by atoms with van der Waals surface area (Å²) in [5.74, 6) is 0.178. The van der Waals surface area contributed by atoms with Crippen LogP contribution in [-0.4, -0.2) is 30.6 Å². The van der Waals surface area contributed by atoms with Gasteiger partial charge in [-0.2, -0.15) is 0 Å². The number of amides is 1. The summed E-state index contributed by atoms with van der Waals surface area (Å²) < 4.78 is 10.5. The van der Waals surface area contributed by atoms with Crippen molar-refractivity contribution in [1.29, 1.82) is 0 Å². The molecule has 0 saturated carbocycles. The summed E-state index contributed by atoms with van der Waals surface area (Å²) in [5.41, 5.74) is 2.24. The number of anilines is 1. The zero-order valence-electron chi connectivity index (χ0n) is 16.9. The first-order valence-corrected chi connectivity index (χ1v) is 9.30. The molecule has 150 valence electrons. The molecule has 0 heterocycles. The highest BCUT2D eigenvalue weighted by Crippen LogP contribution is 2.15. The van der Waals surface area contributed by atoms with Crippen LogP contribution in [0.3, 0.4) is 0 Å². The third-order valence-corrected chi connectivity index (χ3v) is 3.70. The zero-order chi connectivity index (χ0) is 20.6. The molecule has 0 aliphatic heterocycles. The Labute approximate surface area is 166 Å². The number of hydrogen-bond acceptors (Lipinski definition) is 5. The van der Waals surface area contributed by atoms with Gasteiger partial charge in [0, 0.05) is 17.8 Å². The van der Waals surface area contributed by atoms with Gasteiger partial charge >= 0.3 is 5.97 Å². The second kappa shape index (κ2) is 9.78. The average molecular weight is 384 g/mol. The van der Waals surface area contributed by atoms with Crippen LogP contribution in [0.2, 0.25) is 0 Å². The second-order valence-electron chi connectivity index (χ2n) is 7.38. The molecule has 1 amide bonds. The molecule has 0 bridgehead atoms. The molecule has 0 aliphatic carbocycles. The largest absolute Gasteiger partial charge is 0.484 e. The Hall–Kier alpha value is -3.02. The van der Waals surface area contributed by atoms with Crippen LogP contribution in [0.1, 0.15) is 43.6 Å². The summed E-state index contributed by atoms with van der Waals surface area (Å²) in [6.07, 6.45) is 0. The predicted molar refractivity (Wildman–Crippen MR) is 110 cm³/mol. The minimum atomic E-state index is -0.319. The number of esters is 1. The lowest BCUT2D eigenvalue weighted by Gasteiger charge is -2.20. The van der Waals surface area contributed by atoms with Crippen molar-refractivity contribution in [2.45, 2.75) is 39.8 Å². The number of ether oxygens (including phenoxy) is 2. The van der Waals surface area contributed by atoms with E-state index < -0.39 is 0 Å². The Morgan fingerprint density at radius 3 is 2.18 bits per heavy atom. The first kappa shape index (κ1) is 21.3. The van der Waals surface area contributed by atoms with E-state index in [1.807, 2.05) is 57.2 Å². The SMILES string of the molecule is CCOC(=O)c1ccc(NCc2ccc(OCC(=O)NC(C)(C)C)cc2)cc1. The number of carbonyl (C=O) groups excluding carboxylic acids is 2. The molecule has 0 atom stereocenters. The topological polar surface area (TPSA) is 76.7 Å². The van der Waals surface area contributed by atoms with Crippen molar-refractivity contribution in [2.24, 2.45) is 0 Å². The Balaban J connectivity index is 1.81. The first-order chi connectivity index (χ1) is 13.3. The number of carbonyl (C=O) groups is 2. The van der Waals surface area contributed by atoms with E-state index in [1.165, 1.54) is 0 Å². The fourth-order valence-corrected chi connectivity index (χ4v) is 2.45. The van der Waals surface area contributed by atoms with E-state index in [0.717, 1.165) is 11.3 Å². The summed E-state index contributed by atoms with van der Waals surface area (Å²) >= 11 is 0. The van der Waals surface area contributed by atoms with Gasteiger partial charge in [0.2, 0.25) is 0 Å².